The number of nitrogens with one attached hydrogen (secondary N) is 1. The molecule has 1 heterocycles. The second kappa shape index (κ2) is 2.71. The second-order valence-corrected chi connectivity index (χ2v) is 5.17. The van der Waals surface area contributed by atoms with Gasteiger partial charge in [0, 0.05) is 17.5 Å². The molecule has 1 atom stereocenters. The predicted octanol–water partition coefficient (Wildman–Crippen LogP) is 1.71. The number of hydrogen-bond acceptors (Lipinski definition) is 2. The van der Waals surface area contributed by atoms with E-state index in [1.807, 2.05) is 27.7 Å². The number of carbonyl (C=O) groups is 1. The van der Waals surface area contributed by atoms with Crippen LogP contribution >= 0.6 is 11.6 Å². The van der Waals surface area contributed by atoms with Gasteiger partial charge in [-0.2, -0.15) is 0 Å². The first-order valence-electron chi connectivity index (χ1n) is 4.21. The van der Waals surface area contributed by atoms with Crippen LogP contribution in [0.2, 0.25) is 0 Å². The van der Waals surface area contributed by atoms with Gasteiger partial charge in [0.1, 0.15) is 5.38 Å². The molecule has 1 rings (SSSR count). The standard InChI is InChI=1S/C9H16ClNO/c1-8(2)5-6(12)7(10)9(3,4)11-8/h7,11H,5H2,1-4H3/t7-/m0/s1. The van der Waals surface area contributed by atoms with E-state index in [4.69, 9.17) is 11.6 Å². The SMILES string of the molecule is CC1(C)CC(=O)[C@H](Cl)C(C)(C)N1. The zero-order valence-corrected chi connectivity index (χ0v) is 8.83. The summed E-state index contributed by atoms with van der Waals surface area (Å²) >= 11 is 5.97. The van der Waals surface area contributed by atoms with Crippen LogP contribution in [0.15, 0.2) is 0 Å². The van der Waals surface area contributed by atoms with E-state index in [1.54, 1.807) is 0 Å². The minimum atomic E-state index is -0.398. The summed E-state index contributed by atoms with van der Waals surface area (Å²) in [5.41, 5.74) is -0.410. The molecule has 12 heavy (non-hydrogen) atoms. The number of rotatable bonds is 0. The largest absolute Gasteiger partial charge is 0.304 e. The van der Waals surface area contributed by atoms with Crippen LogP contribution in [0.3, 0.4) is 0 Å². The number of Topliss-reactive ketones (excluding diaryl/α,β-unsaturated/α-hetero) is 1. The van der Waals surface area contributed by atoms with Gasteiger partial charge in [0.25, 0.3) is 0 Å². The number of hydrogen-bond donors (Lipinski definition) is 1. The van der Waals surface area contributed by atoms with E-state index in [0.29, 0.717) is 6.42 Å². The zero-order valence-electron chi connectivity index (χ0n) is 8.07. The molecule has 70 valence electrons. The summed E-state index contributed by atoms with van der Waals surface area (Å²) in [6.45, 7) is 7.97. The third-order valence-corrected chi connectivity index (χ3v) is 2.98. The highest BCUT2D eigenvalue weighted by Crippen LogP contribution is 2.29. The minimum absolute atomic E-state index is 0.119. The molecule has 0 saturated carbocycles. The maximum atomic E-state index is 11.5. The van der Waals surface area contributed by atoms with Crippen molar-refractivity contribution in [3.63, 3.8) is 0 Å². The smallest absolute Gasteiger partial charge is 0.154 e. The predicted molar refractivity (Wildman–Crippen MR) is 50.6 cm³/mol. The van der Waals surface area contributed by atoms with Gasteiger partial charge in [-0.15, -0.1) is 11.6 Å². The van der Waals surface area contributed by atoms with Crippen LogP contribution in [0.5, 0.6) is 0 Å². The average Bonchev–Trinajstić information content (AvgIpc) is 1.79. The average molecular weight is 190 g/mol. The molecule has 0 aliphatic carbocycles. The Bertz CT molecular complexity index is 211. The van der Waals surface area contributed by atoms with Gasteiger partial charge < -0.3 is 5.32 Å². The van der Waals surface area contributed by atoms with E-state index in [2.05, 4.69) is 5.32 Å². The Hall–Kier alpha value is -0.0800. The van der Waals surface area contributed by atoms with Gasteiger partial charge in [0.15, 0.2) is 5.78 Å². The maximum Gasteiger partial charge on any atom is 0.154 e. The zero-order chi connectivity index (χ0) is 9.57. The Labute approximate surface area is 78.7 Å². The van der Waals surface area contributed by atoms with Crippen molar-refractivity contribution in [3.8, 4) is 0 Å². The second-order valence-electron chi connectivity index (χ2n) is 4.74. The molecular formula is C9H16ClNO. The fourth-order valence-electron chi connectivity index (χ4n) is 1.91. The van der Waals surface area contributed by atoms with Gasteiger partial charge in [-0.25, -0.2) is 0 Å². The molecule has 0 aromatic carbocycles. The van der Waals surface area contributed by atoms with Crippen molar-refractivity contribution in [2.24, 2.45) is 0 Å². The number of alkyl halides is 1. The normalized spacial score (nSPS) is 33.4. The van der Waals surface area contributed by atoms with Crippen molar-refractivity contribution in [1.82, 2.24) is 5.32 Å². The van der Waals surface area contributed by atoms with Crippen molar-refractivity contribution in [2.75, 3.05) is 0 Å². The number of halogens is 1. The van der Waals surface area contributed by atoms with Gasteiger partial charge in [0.2, 0.25) is 0 Å². The van der Waals surface area contributed by atoms with Gasteiger partial charge in [0.05, 0.1) is 0 Å². The van der Waals surface area contributed by atoms with E-state index in [9.17, 15) is 4.79 Å². The van der Waals surface area contributed by atoms with E-state index < -0.39 is 5.38 Å². The quantitative estimate of drug-likeness (QED) is 0.588. The van der Waals surface area contributed by atoms with Gasteiger partial charge in [-0.1, -0.05) is 0 Å². The van der Waals surface area contributed by atoms with Crippen LogP contribution in [0.25, 0.3) is 0 Å². The Morgan fingerprint density at radius 2 is 1.92 bits per heavy atom. The Kier molecular flexibility index (Phi) is 2.26. The number of piperidine rings is 1. The Balaban J connectivity index is 2.87. The molecule has 0 aromatic rings. The lowest BCUT2D eigenvalue weighted by Crippen LogP contribution is -2.64. The van der Waals surface area contributed by atoms with E-state index in [-0.39, 0.29) is 16.9 Å². The maximum absolute atomic E-state index is 11.5. The van der Waals surface area contributed by atoms with Crippen molar-refractivity contribution < 1.29 is 4.79 Å². The Morgan fingerprint density at radius 1 is 1.42 bits per heavy atom. The first-order chi connectivity index (χ1) is 5.25. The van der Waals surface area contributed by atoms with Gasteiger partial charge >= 0.3 is 0 Å². The summed E-state index contributed by atoms with van der Waals surface area (Å²) in [6.07, 6.45) is 0.518. The number of carbonyl (C=O) groups excluding carboxylic acids is 1. The molecule has 0 amide bonds. The van der Waals surface area contributed by atoms with E-state index in [0.717, 1.165) is 0 Å². The molecule has 0 aromatic heterocycles. The molecule has 1 saturated heterocycles. The van der Waals surface area contributed by atoms with Crippen LogP contribution in [0.1, 0.15) is 34.1 Å². The van der Waals surface area contributed by atoms with Crippen LogP contribution in [-0.2, 0) is 4.79 Å². The third-order valence-electron chi connectivity index (χ3n) is 2.19. The van der Waals surface area contributed by atoms with Crippen LogP contribution in [0, 0.1) is 0 Å². The topological polar surface area (TPSA) is 29.1 Å². The molecule has 0 bridgehead atoms. The third kappa shape index (κ3) is 1.80. The molecule has 1 N–H and O–H groups in total. The monoisotopic (exact) mass is 189 g/mol. The highest BCUT2D eigenvalue weighted by molar-refractivity contribution is 6.32. The molecule has 0 radical (unpaired) electrons. The summed E-state index contributed by atoms with van der Waals surface area (Å²) in [6, 6.07) is 0. The van der Waals surface area contributed by atoms with Crippen LogP contribution in [0.4, 0.5) is 0 Å². The fraction of sp³-hybridized carbons (Fsp3) is 0.889. The first kappa shape index (κ1) is 10.0. The lowest BCUT2D eigenvalue weighted by atomic mass is 9.81. The molecule has 0 unspecified atom stereocenters. The lowest BCUT2D eigenvalue weighted by Gasteiger charge is -2.44. The summed E-state index contributed by atoms with van der Waals surface area (Å²) in [7, 11) is 0. The molecule has 1 aliphatic heterocycles. The molecule has 3 heteroatoms. The van der Waals surface area contributed by atoms with Crippen molar-refractivity contribution in [1.29, 1.82) is 0 Å². The van der Waals surface area contributed by atoms with Crippen LogP contribution < -0.4 is 5.32 Å². The summed E-state index contributed by atoms with van der Waals surface area (Å²) < 4.78 is 0. The summed E-state index contributed by atoms with van der Waals surface area (Å²) in [5, 5.41) is 2.96. The summed E-state index contributed by atoms with van der Waals surface area (Å²) in [4.78, 5) is 11.5. The van der Waals surface area contributed by atoms with Crippen molar-refractivity contribution in [3.05, 3.63) is 0 Å². The molecule has 1 fully saturated rings. The fourth-order valence-corrected chi connectivity index (χ4v) is 2.04. The highest BCUT2D eigenvalue weighted by atomic mass is 35.5. The summed E-state index contributed by atoms with van der Waals surface area (Å²) in [5.74, 6) is 0.144. The lowest BCUT2D eigenvalue weighted by molar-refractivity contribution is -0.123. The molecule has 2 nitrogen and oxygen atoms in total. The highest BCUT2D eigenvalue weighted by Gasteiger charge is 2.43. The van der Waals surface area contributed by atoms with Crippen molar-refractivity contribution in [2.45, 2.75) is 50.6 Å². The first-order valence-corrected chi connectivity index (χ1v) is 4.64. The number of ketones is 1. The molecule has 1 aliphatic rings. The van der Waals surface area contributed by atoms with E-state index in [1.165, 1.54) is 0 Å². The van der Waals surface area contributed by atoms with Gasteiger partial charge in [-0.05, 0) is 27.7 Å². The van der Waals surface area contributed by atoms with Gasteiger partial charge in [-0.3, -0.25) is 4.79 Å². The van der Waals surface area contributed by atoms with Crippen molar-refractivity contribution >= 4 is 17.4 Å². The molecular weight excluding hydrogens is 174 g/mol. The molecule has 0 spiro atoms. The van der Waals surface area contributed by atoms with Crippen LogP contribution in [-0.4, -0.2) is 22.2 Å². The van der Waals surface area contributed by atoms with E-state index >= 15 is 0 Å². The Morgan fingerprint density at radius 3 is 2.33 bits per heavy atom. The minimum Gasteiger partial charge on any atom is -0.304 e.